The molecule has 6 heteroatoms. The number of carbonyl (C=O) groups is 2. The van der Waals surface area contributed by atoms with E-state index in [2.05, 4.69) is 5.32 Å². The highest BCUT2D eigenvalue weighted by molar-refractivity contribution is 6.30. The Morgan fingerprint density at radius 3 is 2.33 bits per heavy atom. The quantitative estimate of drug-likeness (QED) is 0.884. The van der Waals surface area contributed by atoms with Crippen molar-refractivity contribution in [1.29, 1.82) is 0 Å². The normalized spacial score (nSPS) is 15.5. The molecular weight excluding hydrogens is 328 g/mol. The molecule has 0 aliphatic heterocycles. The van der Waals surface area contributed by atoms with Crippen LogP contribution in [0.2, 0.25) is 5.02 Å². The Morgan fingerprint density at radius 1 is 1.25 bits per heavy atom. The van der Waals surface area contributed by atoms with Gasteiger partial charge in [0, 0.05) is 24.0 Å². The monoisotopic (exact) mass is 352 g/mol. The van der Waals surface area contributed by atoms with E-state index in [9.17, 15) is 9.59 Å². The van der Waals surface area contributed by atoms with Gasteiger partial charge in [-0.2, -0.15) is 0 Å². The second kappa shape index (κ2) is 7.01. The fourth-order valence-corrected chi connectivity index (χ4v) is 2.59. The van der Waals surface area contributed by atoms with Crippen LogP contribution in [0.4, 0.5) is 4.79 Å². The number of nitrogens with one attached hydrogen (secondary N) is 1. The van der Waals surface area contributed by atoms with Gasteiger partial charge in [-0.25, -0.2) is 4.79 Å². The molecule has 2 rings (SSSR count). The molecule has 0 saturated heterocycles. The molecule has 1 saturated carbocycles. The predicted molar refractivity (Wildman–Crippen MR) is 94.2 cm³/mol. The van der Waals surface area contributed by atoms with Crippen LogP contribution in [0.1, 0.15) is 39.2 Å². The van der Waals surface area contributed by atoms with Crippen molar-refractivity contribution in [1.82, 2.24) is 10.2 Å². The molecule has 2 amide bonds. The summed E-state index contributed by atoms with van der Waals surface area (Å²) in [4.78, 5) is 25.3. The lowest BCUT2D eigenvalue weighted by molar-refractivity contribution is -0.122. The molecule has 24 heavy (non-hydrogen) atoms. The molecule has 0 atom stereocenters. The van der Waals surface area contributed by atoms with E-state index in [1.165, 1.54) is 10.5 Å². The maximum atomic E-state index is 12.1. The van der Waals surface area contributed by atoms with Crippen LogP contribution in [0, 0.1) is 0 Å². The summed E-state index contributed by atoms with van der Waals surface area (Å²) in [7, 11) is 1.56. The number of halogens is 1. The topological polar surface area (TPSA) is 58.6 Å². The molecule has 1 aliphatic rings. The van der Waals surface area contributed by atoms with Gasteiger partial charge in [-0.15, -0.1) is 0 Å². The number of benzene rings is 1. The average Bonchev–Trinajstić information content (AvgIpc) is 3.25. The first-order chi connectivity index (χ1) is 11.1. The second-order valence-corrected chi connectivity index (χ2v) is 7.84. The third-order valence-corrected chi connectivity index (χ3v) is 4.27. The van der Waals surface area contributed by atoms with Gasteiger partial charge in [-0.05, 0) is 51.3 Å². The molecule has 1 N–H and O–H groups in total. The molecule has 132 valence electrons. The first-order valence-corrected chi connectivity index (χ1v) is 8.46. The lowest BCUT2D eigenvalue weighted by atomic mass is 9.96. The van der Waals surface area contributed by atoms with Gasteiger partial charge in [0.15, 0.2) is 0 Å². The van der Waals surface area contributed by atoms with E-state index in [-0.39, 0.29) is 17.9 Å². The number of carbonyl (C=O) groups excluding carboxylic acids is 2. The lowest BCUT2D eigenvalue weighted by Crippen LogP contribution is -2.42. The van der Waals surface area contributed by atoms with E-state index in [4.69, 9.17) is 16.3 Å². The molecule has 5 nitrogen and oxygen atoms in total. The van der Waals surface area contributed by atoms with Crippen LogP contribution in [-0.4, -0.2) is 42.6 Å². The van der Waals surface area contributed by atoms with Crippen LogP contribution in [-0.2, 0) is 14.9 Å². The summed E-state index contributed by atoms with van der Waals surface area (Å²) >= 11 is 5.92. The summed E-state index contributed by atoms with van der Waals surface area (Å²) in [5, 5.41) is 3.63. The van der Waals surface area contributed by atoms with Gasteiger partial charge < -0.3 is 15.0 Å². The molecular formula is C18H25ClN2O3. The van der Waals surface area contributed by atoms with E-state index in [1.54, 1.807) is 27.8 Å². The van der Waals surface area contributed by atoms with Gasteiger partial charge in [-0.1, -0.05) is 23.7 Å². The Kier molecular flexibility index (Phi) is 5.43. The second-order valence-electron chi connectivity index (χ2n) is 7.40. The smallest absolute Gasteiger partial charge is 0.410 e. The summed E-state index contributed by atoms with van der Waals surface area (Å²) in [6.45, 7) is 5.92. The number of ether oxygens (including phenoxy) is 1. The lowest BCUT2D eigenvalue weighted by Gasteiger charge is -2.24. The zero-order valence-electron chi connectivity index (χ0n) is 14.7. The Morgan fingerprint density at radius 2 is 1.83 bits per heavy atom. The molecule has 1 aromatic carbocycles. The molecule has 0 unspecified atom stereocenters. The van der Waals surface area contributed by atoms with Crippen LogP contribution >= 0.6 is 11.6 Å². The highest BCUT2D eigenvalue weighted by atomic mass is 35.5. The molecule has 0 heterocycles. The number of hydrogen-bond donors (Lipinski definition) is 1. The molecule has 1 aromatic rings. The van der Waals surface area contributed by atoms with Crippen LogP contribution in [0.15, 0.2) is 24.3 Å². The van der Waals surface area contributed by atoms with E-state index >= 15 is 0 Å². The third-order valence-electron chi connectivity index (χ3n) is 4.02. The minimum absolute atomic E-state index is 0.00470. The summed E-state index contributed by atoms with van der Waals surface area (Å²) in [5.74, 6) is -0.191. The Bertz CT molecular complexity index is 604. The van der Waals surface area contributed by atoms with Crippen molar-refractivity contribution in [2.75, 3.05) is 20.1 Å². The molecule has 0 aromatic heterocycles. The van der Waals surface area contributed by atoms with Gasteiger partial charge in [-0.3, -0.25) is 4.79 Å². The van der Waals surface area contributed by atoms with Gasteiger partial charge in [0.2, 0.25) is 5.91 Å². The van der Waals surface area contributed by atoms with Crippen molar-refractivity contribution in [3.8, 4) is 0 Å². The van der Waals surface area contributed by atoms with Gasteiger partial charge in [0.1, 0.15) is 12.1 Å². The highest BCUT2D eigenvalue weighted by Gasteiger charge is 2.44. The minimum Gasteiger partial charge on any atom is -0.444 e. The van der Waals surface area contributed by atoms with Gasteiger partial charge in [0.25, 0.3) is 0 Å². The van der Waals surface area contributed by atoms with E-state index in [0.29, 0.717) is 11.6 Å². The van der Waals surface area contributed by atoms with Crippen molar-refractivity contribution in [2.24, 2.45) is 0 Å². The molecule has 1 fully saturated rings. The Labute approximate surface area is 148 Å². The fourth-order valence-electron chi connectivity index (χ4n) is 2.47. The van der Waals surface area contributed by atoms with Crippen molar-refractivity contribution >= 4 is 23.6 Å². The standard InChI is InChI=1S/C18H25ClN2O3/c1-17(2,3)24-16(23)21(4)11-15(22)20-12-18(9-10-18)13-5-7-14(19)8-6-13/h5-8H,9-12H2,1-4H3,(H,20,22). The zero-order chi connectivity index (χ0) is 18.0. The van der Waals surface area contributed by atoms with E-state index in [0.717, 1.165) is 12.8 Å². The number of rotatable bonds is 5. The summed E-state index contributed by atoms with van der Waals surface area (Å²) < 4.78 is 5.23. The van der Waals surface area contributed by atoms with Crippen LogP contribution < -0.4 is 5.32 Å². The average molecular weight is 353 g/mol. The minimum atomic E-state index is -0.575. The zero-order valence-corrected chi connectivity index (χ0v) is 15.4. The third kappa shape index (κ3) is 5.13. The van der Waals surface area contributed by atoms with Crippen molar-refractivity contribution < 1.29 is 14.3 Å². The van der Waals surface area contributed by atoms with Gasteiger partial charge >= 0.3 is 6.09 Å². The SMILES string of the molecule is CN(CC(=O)NCC1(c2ccc(Cl)cc2)CC1)C(=O)OC(C)(C)C. The van der Waals surface area contributed by atoms with Crippen molar-refractivity contribution in [2.45, 2.75) is 44.6 Å². The van der Waals surface area contributed by atoms with Gasteiger partial charge in [0.05, 0.1) is 0 Å². The molecule has 1 aliphatic carbocycles. The van der Waals surface area contributed by atoms with Crippen LogP contribution in [0.3, 0.4) is 0 Å². The number of likely N-dealkylation sites (N-methyl/N-ethyl adjacent to an activating group) is 1. The first kappa shape index (κ1) is 18.6. The van der Waals surface area contributed by atoms with Crippen molar-refractivity contribution in [3.63, 3.8) is 0 Å². The van der Waals surface area contributed by atoms with Crippen LogP contribution in [0.25, 0.3) is 0 Å². The summed E-state index contributed by atoms with van der Waals surface area (Å²) in [6.07, 6.45) is 1.57. The summed E-state index contributed by atoms with van der Waals surface area (Å²) in [6, 6.07) is 7.76. The Hall–Kier alpha value is -1.75. The largest absolute Gasteiger partial charge is 0.444 e. The molecule has 0 spiro atoms. The highest BCUT2D eigenvalue weighted by Crippen LogP contribution is 2.47. The Balaban J connectivity index is 1.83. The number of hydrogen-bond acceptors (Lipinski definition) is 3. The van der Waals surface area contributed by atoms with E-state index in [1.807, 2.05) is 24.3 Å². The summed E-state index contributed by atoms with van der Waals surface area (Å²) in [5.41, 5.74) is 0.617. The fraction of sp³-hybridized carbons (Fsp3) is 0.556. The van der Waals surface area contributed by atoms with E-state index < -0.39 is 11.7 Å². The maximum absolute atomic E-state index is 12.1. The first-order valence-electron chi connectivity index (χ1n) is 8.08. The van der Waals surface area contributed by atoms with Crippen molar-refractivity contribution in [3.05, 3.63) is 34.9 Å². The predicted octanol–water partition coefficient (Wildman–Crippen LogP) is 3.35. The molecule has 0 radical (unpaired) electrons. The maximum Gasteiger partial charge on any atom is 0.410 e. The number of amides is 2. The molecule has 0 bridgehead atoms. The van der Waals surface area contributed by atoms with Crippen LogP contribution in [0.5, 0.6) is 0 Å². The number of nitrogens with zero attached hydrogens (tertiary/aromatic N) is 1.